The van der Waals surface area contributed by atoms with Crippen LogP contribution in [0.25, 0.3) is 0 Å². The predicted molar refractivity (Wildman–Crippen MR) is 65.5 cm³/mol. The molecule has 0 saturated carbocycles. The molecular weight excluding hydrogens is 256 g/mol. The molecule has 1 N–H and O–H groups in total. The van der Waals surface area contributed by atoms with E-state index in [1.807, 2.05) is 0 Å². The summed E-state index contributed by atoms with van der Waals surface area (Å²) in [5, 5.41) is 13.5. The Morgan fingerprint density at radius 2 is 2.28 bits per heavy atom. The van der Waals surface area contributed by atoms with Crippen LogP contribution in [0.2, 0.25) is 5.02 Å². The van der Waals surface area contributed by atoms with Gasteiger partial charge in [0.2, 0.25) is 0 Å². The summed E-state index contributed by atoms with van der Waals surface area (Å²) in [4.78, 5) is 4.02. The lowest BCUT2D eigenvalue weighted by molar-refractivity contribution is 0.199. The van der Waals surface area contributed by atoms with Crippen molar-refractivity contribution in [3.05, 3.63) is 40.5 Å². The second kappa shape index (κ2) is 5.37. The highest BCUT2D eigenvalue weighted by Crippen LogP contribution is 2.28. The summed E-state index contributed by atoms with van der Waals surface area (Å²) >= 11 is 6.04. The van der Waals surface area contributed by atoms with Crippen molar-refractivity contribution >= 4 is 11.6 Å². The Labute approximate surface area is 109 Å². The smallest absolute Gasteiger partial charge is 0.264 e. The van der Waals surface area contributed by atoms with Crippen LogP contribution in [-0.2, 0) is 6.61 Å². The maximum absolute atomic E-state index is 9.42. The number of rotatable bonds is 4. The number of aliphatic hydroxyl groups is 1. The molecule has 0 radical (unpaired) electrons. The quantitative estimate of drug-likeness (QED) is 0.923. The van der Waals surface area contributed by atoms with Gasteiger partial charge in [-0.25, -0.2) is 0 Å². The van der Waals surface area contributed by atoms with E-state index in [1.54, 1.807) is 32.0 Å². The van der Waals surface area contributed by atoms with Crippen LogP contribution in [0.4, 0.5) is 0 Å². The Hall–Kier alpha value is -1.59. The number of nitrogens with zero attached hydrogens (tertiary/aromatic N) is 2. The lowest BCUT2D eigenvalue weighted by atomic mass is 10.1. The van der Waals surface area contributed by atoms with E-state index in [2.05, 4.69) is 10.1 Å². The summed E-state index contributed by atoms with van der Waals surface area (Å²) in [5.74, 6) is 1.46. The Morgan fingerprint density at radius 1 is 1.50 bits per heavy atom. The average molecular weight is 269 g/mol. The number of aryl methyl sites for hydroxylation is 1. The molecule has 2 aromatic rings. The number of ether oxygens (including phenoxy) is 1. The van der Waals surface area contributed by atoms with Gasteiger partial charge in [-0.05, 0) is 31.5 Å². The first-order valence-corrected chi connectivity index (χ1v) is 5.83. The number of aromatic nitrogens is 2. The molecule has 1 heterocycles. The van der Waals surface area contributed by atoms with E-state index in [0.717, 1.165) is 5.56 Å². The van der Waals surface area contributed by atoms with Gasteiger partial charge in [0.25, 0.3) is 5.89 Å². The van der Waals surface area contributed by atoms with E-state index in [1.165, 1.54) is 0 Å². The fourth-order valence-corrected chi connectivity index (χ4v) is 1.68. The number of halogens is 1. The van der Waals surface area contributed by atoms with Gasteiger partial charge in [-0.1, -0.05) is 22.8 Å². The zero-order chi connectivity index (χ0) is 13.1. The standard InChI is InChI=1S/C12H13ClN2O3/c1-7(16)9-3-4-11(10(13)5-9)17-6-12-14-8(2)15-18-12/h3-5,7,16H,6H2,1-2H3. The van der Waals surface area contributed by atoms with Crippen LogP contribution in [0.15, 0.2) is 22.7 Å². The fraction of sp³-hybridized carbons (Fsp3) is 0.333. The molecule has 1 aromatic heterocycles. The third kappa shape index (κ3) is 3.00. The van der Waals surface area contributed by atoms with Crippen LogP contribution in [0, 0.1) is 6.92 Å². The molecule has 0 aliphatic heterocycles. The summed E-state index contributed by atoms with van der Waals surface area (Å²) in [7, 11) is 0. The molecule has 1 aromatic carbocycles. The number of benzene rings is 1. The molecule has 6 heteroatoms. The Balaban J connectivity index is 2.05. The minimum atomic E-state index is -0.560. The van der Waals surface area contributed by atoms with E-state index in [0.29, 0.717) is 22.5 Å². The molecular formula is C12H13ClN2O3. The normalized spacial score (nSPS) is 12.4. The highest BCUT2D eigenvalue weighted by Gasteiger charge is 2.09. The summed E-state index contributed by atoms with van der Waals surface area (Å²) < 4.78 is 10.4. The molecule has 1 atom stereocenters. The zero-order valence-electron chi connectivity index (χ0n) is 10.1. The predicted octanol–water partition coefficient (Wildman–Crippen LogP) is 2.66. The Bertz CT molecular complexity index is 540. The van der Waals surface area contributed by atoms with Gasteiger partial charge in [0.05, 0.1) is 11.1 Å². The van der Waals surface area contributed by atoms with Gasteiger partial charge in [0.15, 0.2) is 12.4 Å². The van der Waals surface area contributed by atoms with Gasteiger partial charge in [-0.15, -0.1) is 0 Å². The number of hydrogen-bond donors (Lipinski definition) is 1. The summed E-state index contributed by atoms with van der Waals surface area (Å²) in [6.45, 7) is 3.57. The van der Waals surface area contributed by atoms with E-state index < -0.39 is 6.10 Å². The van der Waals surface area contributed by atoms with Gasteiger partial charge in [-0.2, -0.15) is 4.98 Å². The minimum Gasteiger partial charge on any atom is -0.482 e. The molecule has 0 spiro atoms. The van der Waals surface area contributed by atoms with Gasteiger partial charge in [-0.3, -0.25) is 0 Å². The average Bonchev–Trinajstić information content (AvgIpc) is 2.73. The first kappa shape index (κ1) is 12.9. The van der Waals surface area contributed by atoms with Crippen molar-refractivity contribution in [3.8, 4) is 5.75 Å². The van der Waals surface area contributed by atoms with Gasteiger partial charge < -0.3 is 14.4 Å². The molecule has 0 fully saturated rings. The van der Waals surface area contributed by atoms with Crippen molar-refractivity contribution in [1.82, 2.24) is 10.1 Å². The van der Waals surface area contributed by atoms with Crippen LogP contribution in [-0.4, -0.2) is 15.2 Å². The zero-order valence-corrected chi connectivity index (χ0v) is 10.8. The van der Waals surface area contributed by atoms with Crippen molar-refractivity contribution < 1.29 is 14.4 Å². The molecule has 0 bridgehead atoms. The van der Waals surface area contributed by atoms with Crippen molar-refractivity contribution in [3.63, 3.8) is 0 Å². The van der Waals surface area contributed by atoms with Crippen molar-refractivity contribution in [1.29, 1.82) is 0 Å². The third-order valence-corrected chi connectivity index (χ3v) is 2.65. The van der Waals surface area contributed by atoms with Crippen molar-refractivity contribution in [2.75, 3.05) is 0 Å². The van der Waals surface area contributed by atoms with Crippen molar-refractivity contribution in [2.45, 2.75) is 26.6 Å². The fourth-order valence-electron chi connectivity index (χ4n) is 1.43. The molecule has 0 aliphatic rings. The van der Waals surface area contributed by atoms with Crippen LogP contribution >= 0.6 is 11.6 Å². The third-order valence-electron chi connectivity index (χ3n) is 2.36. The van der Waals surface area contributed by atoms with Crippen LogP contribution < -0.4 is 4.74 Å². The van der Waals surface area contributed by atoms with Crippen LogP contribution in [0.3, 0.4) is 0 Å². The monoisotopic (exact) mass is 268 g/mol. The topological polar surface area (TPSA) is 68.4 Å². The first-order chi connectivity index (χ1) is 8.56. The van der Waals surface area contributed by atoms with Gasteiger partial charge in [0, 0.05) is 0 Å². The van der Waals surface area contributed by atoms with Crippen molar-refractivity contribution in [2.24, 2.45) is 0 Å². The maximum Gasteiger partial charge on any atom is 0.264 e. The molecule has 1 unspecified atom stereocenters. The molecule has 2 rings (SSSR count). The van der Waals surface area contributed by atoms with E-state index >= 15 is 0 Å². The SMILES string of the molecule is Cc1noc(COc2ccc(C(C)O)cc2Cl)n1. The summed E-state index contributed by atoms with van der Waals surface area (Å²) in [6, 6.07) is 5.12. The Morgan fingerprint density at radius 3 is 2.83 bits per heavy atom. The second-order valence-corrected chi connectivity index (χ2v) is 4.30. The van der Waals surface area contributed by atoms with E-state index in [4.69, 9.17) is 20.9 Å². The van der Waals surface area contributed by atoms with Gasteiger partial charge in [0.1, 0.15) is 5.75 Å². The molecule has 0 aliphatic carbocycles. The summed E-state index contributed by atoms with van der Waals surface area (Å²) in [6.07, 6.45) is -0.560. The van der Waals surface area contributed by atoms with E-state index in [-0.39, 0.29) is 6.61 Å². The number of hydrogen-bond acceptors (Lipinski definition) is 5. The molecule has 5 nitrogen and oxygen atoms in total. The largest absolute Gasteiger partial charge is 0.482 e. The lowest BCUT2D eigenvalue weighted by Crippen LogP contribution is -1.98. The molecule has 0 amide bonds. The molecule has 0 saturated heterocycles. The first-order valence-electron chi connectivity index (χ1n) is 5.46. The van der Waals surface area contributed by atoms with Crippen LogP contribution in [0.5, 0.6) is 5.75 Å². The second-order valence-electron chi connectivity index (χ2n) is 3.89. The lowest BCUT2D eigenvalue weighted by Gasteiger charge is -2.09. The maximum atomic E-state index is 9.42. The van der Waals surface area contributed by atoms with E-state index in [9.17, 15) is 5.11 Å². The number of aliphatic hydroxyl groups excluding tert-OH is 1. The summed E-state index contributed by atoms with van der Waals surface area (Å²) in [5.41, 5.74) is 0.737. The Kier molecular flexibility index (Phi) is 3.84. The minimum absolute atomic E-state index is 0.161. The molecule has 18 heavy (non-hydrogen) atoms. The van der Waals surface area contributed by atoms with Crippen LogP contribution in [0.1, 0.15) is 30.3 Å². The van der Waals surface area contributed by atoms with Gasteiger partial charge >= 0.3 is 0 Å². The highest BCUT2D eigenvalue weighted by atomic mass is 35.5. The highest BCUT2D eigenvalue weighted by molar-refractivity contribution is 6.32. The molecule has 96 valence electrons.